The van der Waals surface area contributed by atoms with E-state index in [4.69, 9.17) is 30.5 Å². The van der Waals surface area contributed by atoms with E-state index in [1.165, 1.54) is 13.2 Å². The van der Waals surface area contributed by atoms with Crippen molar-refractivity contribution in [2.45, 2.75) is 19.4 Å². The van der Waals surface area contributed by atoms with Gasteiger partial charge in [-0.05, 0) is 61.9 Å². The number of fused-ring (bicyclic) bond motifs is 1. The standard InChI is InChI=1S/C24H23ClO6/c1-24(2)12-11-17-19(28-3)10-7-16(23(17)31-24)18(26)8-5-15-6-9-20(29-4)21(13-15)30-22(27)14-25/h5-13H,14H2,1-4H3. The highest BCUT2D eigenvalue weighted by Gasteiger charge is 2.27. The average molecular weight is 443 g/mol. The van der Waals surface area contributed by atoms with E-state index in [0.717, 1.165) is 5.56 Å². The summed E-state index contributed by atoms with van der Waals surface area (Å²) in [6, 6.07) is 8.41. The third-order valence-electron chi connectivity index (χ3n) is 4.61. The van der Waals surface area contributed by atoms with Crippen molar-refractivity contribution in [1.29, 1.82) is 0 Å². The monoisotopic (exact) mass is 442 g/mol. The SMILES string of the molecule is COc1ccc(C=CC(=O)c2ccc(OC)c3c2OC(C)(C)C=C3)cc1OC(=O)CCl. The fourth-order valence-electron chi connectivity index (χ4n) is 3.09. The van der Waals surface area contributed by atoms with Crippen LogP contribution in [0.15, 0.2) is 42.5 Å². The molecule has 0 amide bonds. The lowest BCUT2D eigenvalue weighted by atomic mass is 9.97. The molecule has 0 saturated heterocycles. The largest absolute Gasteiger partial charge is 0.496 e. The van der Waals surface area contributed by atoms with Crippen LogP contribution in [0, 0.1) is 0 Å². The van der Waals surface area contributed by atoms with E-state index in [9.17, 15) is 9.59 Å². The van der Waals surface area contributed by atoms with E-state index in [1.807, 2.05) is 26.0 Å². The molecule has 2 aromatic carbocycles. The van der Waals surface area contributed by atoms with Gasteiger partial charge < -0.3 is 18.9 Å². The molecule has 3 rings (SSSR count). The van der Waals surface area contributed by atoms with E-state index >= 15 is 0 Å². The van der Waals surface area contributed by atoms with E-state index in [0.29, 0.717) is 28.4 Å². The van der Waals surface area contributed by atoms with Gasteiger partial charge in [0.05, 0.1) is 25.3 Å². The number of benzene rings is 2. The highest BCUT2D eigenvalue weighted by atomic mass is 35.5. The first kappa shape index (κ1) is 22.4. The molecule has 1 aliphatic heterocycles. The summed E-state index contributed by atoms with van der Waals surface area (Å²) in [7, 11) is 3.04. The zero-order chi connectivity index (χ0) is 22.6. The van der Waals surface area contributed by atoms with Crippen LogP contribution in [0.25, 0.3) is 12.2 Å². The van der Waals surface area contributed by atoms with Crippen molar-refractivity contribution in [3.05, 3.63) is 59.2 Å². The molecule has 6 nitrogen and oxygen atoms in total. The molecule has 7 heteroatoms. The third-order valence-corrected chi connectivity index (χ3v) is 4.82. The molecule has 0 saturated carbocycles. The van der Waals surface area contributed by atoms with Crippen LogP contribution in [-0.4, -0.2) is 37.5 Å². The van der Waals surface area contributed by atoms with Gasteiger partial charge in [0, 0.05) is 0 Å². The minimum Gasteiger partial charge on any atom is -0.496 e. The second-order valence-electron chi connectivity index (χ2n) is 7.31. The summed E-state index contributed by atoms with van der Waals surface area (Å²) in [5.74, 6) is 0.592. The molecule has 0 atom stereocenters. The molecule has 2 aromatic rings. The zero-order valence-electron chi connectivity index (χ0n) is 17.7. The second-order valence-corrected chi connectivity index (χ2v) is 7.58. The molecule has 0 aliphatic carbocycles. The molecule has 31 heavy (non-hydrogen) atoms. The number of hydrogen-bond acceptors (Lipinski definition) is 6. The molecule has 1 aliphatic rings. The number of halogens is 1. The quantitative estimate of drug-likeness (QED) is 0.199. The summed E-state index contributed by atoms with van der Waals surface area (Å²) in [5.41, 5.74) is 1.25. The van der Waals surface area contributed by atoms with Gasteiger partial charge in [-0.25, -0.2) is 0 Å². The Morgan fingerprint density at radius 3 is 2.45 bits per heavy atom. The molecule has 1 heterocycles. The molecule has 0 radical (unpaired) electrons. The van der Waals surface area contributed by atoms with Gasteiger partial charge in [-0.1, -0.05) is 12.1 Å². The molecular weight excluding hydrogens is 420 g/mol. The number of ether oxygens (including phenoxy) is 4. The van der Waals surface area contributed by atoms with E-state index in [1.54, 1.807) is 43.5 Å². The van der Waals surface area contributed by atoms with Gasteiger partial charge in [-0.15, -0.1) is 11.6 Å². The maximum atomic E-state index is 13.0. The van der Waals surface area contributed by atoms with E-state index < -0.39 is 11.6 Å². The Hall–Kier alpha value is -3.25. The van der Waals surface area contributed by atoms with Gasteiger partial charge in [-0.3, -0.25) is 9.59 Å². The summed E-state index contributed by atoms with van der Waals surface area (Å²) >= 11 is 5.51. The summed E-state index contributed by atoms with van der Waals surface area (Å²) < 4.78 is 21.8. The number of ketones is 1. The number of hydrogen-bond donors (Lipinski definition) is 0. The lowest BCUT2D eigenvalue weighted by molar-refractivity contribution is -0.131. The topological polar surface area (TPSA) is 71.1 Å². The smallest absolute Gasteiger partial charge is 0.326 e. The van der Waals surface area contributed by atoms with Crippen LogP contribution < -0.4 is 18.9 Å². The number of alkyl halides is 1. The highest BCUT2D eigenvalue weighted by Crippen LogP contribution is 2.40. The third kappa shape index (κ3) is 5.09. The Kier molecular flexibility index (Phi) is 6.71. The number of rotatable bonds is 7. The number of carbonyl (C=O) groups excluding carboxylic acids is 2. The fourth-order valence-corrected chi connectivity index (χ4v) is 3.15. The van der Waals surface area contributed by atoms with Gasteiger partial charge in [0.25, 0.3) is 0 Å². The van der Waals surface area contributed by atoms with Crippen LogP contribution >= 0.6 is 11.6 Å². The first-order chi connectivity index (χ1) is 14.8. The average Bonchev–Trinajstić information content (AvgIpc) is 2.75. The molecule has 0 fully saturated rings. The lowest BCUT2D eigenvalue weighted by Crippen LogP contribution is -2.28. The Labute approximate surface area is 186 Å². The molecule has 0 spiro atoms. The van der Waals surface area contributed by atoms with Crippen LogP contribution in [0.4, 0.5) is 0 Å². The summed E-state index contributed by atoms with van der Waals surface area (Å²) in [6.45, 7) is 3.83. The normalized spacial score (nSPS) is 14.0. The van der Waals surface area contributed by atoms with Crippen molar-refractivity contribution in [1.82, 2.24) is 0 Å². The maximum Gasteiger partial charge on any atom is 0.326 e. The van der Waals surface area contributed by atoms with Gasteiger partial charge >= 0.3 is 5.97 Å². The van der Waals surface area contributed by atoms with Crippen LogP contribution in [0.1, 0.15) is 35.3 Å². The first-order valence-electron chi connectivity index (χ1n) is 9.54. The van der Waals surface area contributed by atoms with E-state index in [2.05, 4.69) is 0 Å². The van der Waals surface area contributed by atoms with Crippen molar-refractivity contribution in [3.63, 3.8) is 0 Å². The summed E-state index contributed by atoms with van der Waals surface area (Å²) in [4.78, 5) is 24.5. The number of esters is 1. The van der Waals surface area contributed by atoms with Crippen molar-refractivity contribution in [2.24, 2.45) is 0 Å². The Morgan fingerprint density at radius 2 is 1.77 bits per heavy atom. The van der Waals surface area contributed by atoms with Crippen molar-refractivity contribution in [3.8, 4) is 23.0 Å². The Morgan fingerprint density at radius 1 is 1.06 bits per heavy atom. The fraction of sp³-hybridized carbons (Fsp3) is 0.250. The summed E-state index contributed by atoms with van der Waals surface area (Å²) in [6.07, 6.45) is 6.88. The number of methoxy groups -OCH3 is 2. The van der Waals surface area contributed by atoms with E-state index in [-0.39, 0.29) is 17.4 Å². The van der Waals surface area contributed by atoms with Gasteiger partial charge in [0.15, 0.2) is 17.3 Å². The van der Waals surface area contributed by atoms with Gasteiger partial charge in [-0.2, -0.15) is 0 Å². The van der Waals surface area contributed by atoms with Crippen LogP contribution in [0.3, 0.4) is 0 Å². The van der Waals surface area contributed by atoms with Crippen LogP contribution in [0.2, 0.25) is 0 Å². The summed E-state index contributed by atoms with van der Waals surface area (Å²) in [5, 5.41) is 0. The van der Waals surface area contributed by atoms with Crippen molar-refractivity contribution in [2.75, 3.05) is 20.1 Å². The molecule has 0 unspecified atom stereocenters. The predicted octanol–water partition coefficient (Wildman–Crippen LogP) is 4.93. The Balaban J connectivity index is 1.91. The molecule has 162 valence electrons. The zero-order valence-corrected chi connectivity index (χ0v) is 18.5. The minimum atomic E-state index is -0.602. The van der Waals surface area contributed by atoms with Crippen LogP contribution in [-0.2, 0) is 4.79 Å². The first-order valence-corrected chi connectivity index (χ1v) is 10.1. The van der Waals surface area contributed by atoms with Crippen molar-refractivity contribution >= 4 is 35.5 Å². The number of carbonyl (C=O) groups is 2. The second kappa shape index (κ2) is 9.27. The maximum absolute atomic E-state index is 13.0. The molecule has 0 aromatic heterocycles. The van der Waals surface area contributed by atoms with Gasteiger partial charge in [0.1, 0.15) is 23.0 Å². The molecule has 0 bridgehead atoms. The highest BCUT2D eigenvalue weighted by molar-refractivity contribution is 6.26. The molecule has 0 N–H and O–H groups in total. The Bertz CT molecular complexity index is 1070. The predicted molar refractivity (Wildman–Crippen MR) is 119 cm³/mol. The molecular formula is C24H23ClO6. The number of allylic oxidation sites excluding steroid dienone is 1. The lowest BCUT2D eigenvalue weighted by Gasteiger charge is -2.29. The minimum absolute atomic E-state index is 0.222. The van der Waals surface area contributed by atoms with Gasteiger partial charge in [0.2, 0.25) is 0 Å². The van der Waals surface area contributed by atoms with Crippen LogP contribution in [0.5, 0.6) is 23.0 Å². The van der Waals surface area contributed by atoms with Crippen molar-refractivity contribution < 1.29 is 28.5 Å².